The maximum atomic E-state index is 12.2. The van der Waals surface area contributed by atoms with Gasteiger partial charge in [0, 0.05) is 12.1 Å². The van der Waals surface area contributed by atoms with Gasteiger partial charge >= 0.3 is 0 Å². The van der Waals surface area contributed by atoms with Crippen LogP contribution in [0, 0.1) is 21.4 Å². The van der Waals surface area contributed by atoms with E-state index in [4.69, 9.17) is 16.9 Å². The van der Waals surface area contributed by atoms with Gasteiger partial charge in [0.05, 0.1) is 16.0 Å². The van der Waals surface area contributed by atoms with E-state index in [1.54, 1.807) is 0 Å². The molecule has 1 saturated carbocycles. The summed E-state index contributed by atoms with van der Waals surface area (Å²) in [5.41, 5.74) is -1.39. The molecule has 0 aromatic heterocycles. The van der Waals surface area contributed by atoms with Crippen molar-refractivity contribution in [2.24, 2.45) is 0 Å². The van der Waals surface area contributed by atoms with Gasteiger partial charge in [-0.15, -0.1) is 0 Å². The van der Waals surface area contributed by atoms with E-state index in [2.05, 4.69) is 4.72 Å². The van der Waals surface area contributed by atoms with E-state index >= 15 is 0 Å². The minimum absolute atomic E-state index is 0.251. The number of benzene rings is 1. The van der Waals surface area contributed by atoms with Crippen LogP contribution >= 0.6 is 11.6 Å². The molecule has 0 saturated heterocycles. The Bertz CT molecular complexity index is 707. The molecular formula is C11H10ClN3O4S. The highest BCUT2D eigenvalue weighted by Gasteiger charge is 2.41. The quantitative estimate of drug-likeness (QED) is 0.674. The van der Waals surface area contributed by atoms with Crippen molar-refractivity contribution in [1.29, 1.82) is 5.26 Å². The second-order valence-corrected chi connectivity index (χ2v) is 6.58. The van der Waals surface area contributed by atoms with Crippen LogP contribution in [0.3, 0.4) is 0 Å². The van der Waals surface area contributed by atoms with Crippen molar-refractivity contribution in [2.75, 3.05) is 0 Å². The Morgan fingerprint density at radius 3 is 2.50 bits per heavy atom. The summed E-state index contributed by atoms with van der Waals surface area (Å²) in [6.07, 6.45) is 1.64. The van der Waals surface area contributed by atoms with Crippen molar-refractivity contribution in [3.8, 4) is 6.07 Å². The van der Waals surface area contributed by atoms with E-state index in [0.29, 0.717) is 12.8 Å². The van der Waals surface area contributed by atoms with Gasteiger partial charge in [-0.25, -0.2) is 8.42 Å². The van der Waals surface area contributed by atoms with Crippen molar-refractivity contribution in [2.45, 2.75) is 29.7 Å². The smallest absolute Gasteiger partial charge is 0.258 e. The Labute approximate surface area is 120 Å². The second kappa shape index (κ2) is 5.01. The average Bonchev–Trinajstić information content (AvgIpc) is 2.33. The van der Waals surface area contributed by atoms with Crippen LogP contribution in [0.1, 0.15) is 19.3 Å². The van der Waals surface area contributed by atoms with Gasteiger partial charge in [0.1, 0.15) is 10.4 Å². The molecule has 0 heterocycles. The van der Waals surface area contributed by atoms with Crippen LogP contribution in [0.25, 0.3) is 0 Å². The van der Waals surface area contributed by atoms with E-state index < -0.39 is 20.5 Å². The van der Waals surface area contributed by atoms with E-state index in [1.807, 2.05) is 6.07 Å². The van der Waals surface area contributed by atoms with E-state index in [1.165, 1.54) is 0 Å². The van der Waals surface area contributed by atoms with Gasteiger partial charge in [-0.2, -0.15) is 9.98 Å². The fourth-order valence-corrected chi connectivity index (χ4v) is 3.82. The number of non-ortho nitro benzene ring substituents is 1. The van der Waals surface area contributed by atoms with Crippen molar-refractivity contribution >= 4 is 27.3 Å². The molecule has 0 aliphatic heterocycles. The highest BCUT2D eigenvalue weighted by atomic mass is 35.5. The molecule has 0 spiro atoms. The van der Waals surface area contributed by atoms with Crippen molar-refractivity contribution in [3.05, 3.63) is 33.3 Å². The van der Waals surface area contributed by atoms with Crippen molar-refractivity contribution in [1.82, 2.24) is 4.72 Å². The highest BCUT2D eigenvalue weighted by molar-refractivity contribution is 7.89. The van der Waals surface area contributed by atoms with Crippen LogP contribution in [0.4, 0.5) is 5.69 Å². The number of nitro benzene ring substituents is 1. The number of nitrogens with one attached hydrogen (secondary N) is 1. The third-order valence-electron chi connectivity index (χ3n) is 3.17. The third-order valence-corrected chi connectivity index (χ3v) is 5.19. The topological polar surface area (TPSA) is 113 Å². The normalized spacial score (nSPS) is 17.0. The van der Waals surface area contributed by atoms with E-state index in [-0.39, 0.29) is 15.6 Å². The molecule has 1 fully saturated rings. The molecule has 0 unspecified atom stereocenters. The lowest BCUT2D eigenvalue weighted by Crippen LogP contribution is -2.52. The summed E-state index contributed by atoms with van der Waals surface area (Å²) in [6, 6.07) is 5.03. The molecule has 20 heavy (non-hydrogen) atoms. The van der Waals surface area contributed by atoms with Crippen molar-refractivity contribution < 1.29 is 13.3 Å². The molecule has 1 N–H and O–H groups in total. The molecule has 0 amide bonds. The van der Waals surface area contributed by atoms with Crippen LogP contribution in [0.5, 0.6) is 0 Å². The Kier molecular flexibility index (Phi) is 3.69. The minimum atomic E-state index is -3.99. The number of hydrogen-bond donors (Lipinski definition) is 1. The SMILES string of the molecule is N#CC1(NS(=O)(=O)c2ccc([N+](=O)[O-])cc2Cl)CCC1. The number of hydrogen-bond acceptors (Lipinski definition) is 5. The lowest BCUT2D eigenvalue weighted by atomic mass is 9.79. The molecule has 1 aliphatic carbocycles. The first-order valence-electron chi connectivity index (χ1n) is 5.69. The zero-order valence-corrected chi connectivity index (χ0v) is 11.7. The largest absolute Gasteiger partial charge is 0.271 e. The fraction of sp³-hybridized carbons (Fsp3) is 0.364. The first-order chi connectivity index (χ1) is 9.30. The van der Waals surface area contributed by atoms with Gasteiger partial charge in [-0.1, -0.05) is 11.6 Å². The number of sulfonamides is 1. The molecular weight excluding hydrogens is 306 g/mol. The average molecular weight is 316 g/mol. The zero-order valence-electron chi connectivity index (χ0n) is 10.2. The molecule has 0 atom stereocenters. The van der Waals surface area contributed by atoms with Gasteiger partial charge in [0.2, 0.25) is 10.0 Å². The Hall–Kier alpha value is -1.69. The van der Waals surface area contributed by atoms with Crippen LogP contribution in [-0.2, 0) is 10.0 Å². The van der Waals surface area contributed by atoms with Gasteiger partial charge < -0.3 is 0 Å². The van der Waals surface area contributed by atoms with E-state index in [9.17, 15) is 18.5 Å². The maximum Gasteiger partial charge on any atom is 0.271 e. The summed E-state index contributed by atoms with van der Waals surface area (Å²) < 4.78 is 26.7. The summed E-state index contributed by atoms with van der Waals surface area (Å²) in [7, 11) is -3.99. The number of rotatable bonds is 4. The number of nitriles is 1. The number of nitro groups is 1. The monoisotopic (exact) mass is 315 g/mol. The van der Waals surface area contributed by atoms with Crippen LogP contribution < -0.4 is 4.72 Å². The van der Waals surface area contributed by atoms with Crippen LogP contribution in [0.2, 0.25) is 5.02 Å². The zero-order chi connectivity index (χ0) is 15.0. The molecule has 2 rings (SSSR count). The lowest BCUT2D eigenvalue weighted by Gasteiger charge is -2.35. The summed E-state index contributed by atoms with van der Waals surface area (Å²) in [5.74, 6) is 0. The van der Waals surface area contributed by atoms with Gasteiger partial charge in [-0.3, -0.25) is 10.1 Å². The number of nitrogens with zero attached hydrogens (tertiary/aromatic N) is 2. The minimum Gasteiger partial charge on any atom is -0.258 e. The number of halogens is 1. The first kappa shape index (κ1) is 14.7. The summed E-state index contributed by atoms with van der Waals surface area (Å²) in [4.78, 5) is 9.64. The van der Waals surface area contributed by atoms with Gasteiger partial charge in [0.15, 0.2) is 0 Å². The van der Waals surface area contributed by atoms with Crippen LogP contribution in [0.15, 0.2) is 23.1 Å². The predicted octanol–water partition coefficient (Wildman–Crippen LogP) is 1.97. The van der Waals surface area contributed by atoms with Crippen LogP contribution in [-0.4, -0.2) is 18.9 Å². The Morgan fingerprint density at radius 2 is 2.10 bits per heavy atom. The molecule has 1 aromatic carbocycles. The molecule has 9 heteroatoms. The van der Waals surface area contributed by atoms with E-state index in [0.717, 1.165) is 24.6 Å². The Balaban J connectivity index is 2.35. The predicted molar refractivity (Wildman–Crippen MR) is 70.6 cm³/mol. The first-order valence-corrected chi connectivity index (χ1v) is 7.55. The molecule has 1 aromatic rings. The molecule has 1 aliphatic rings. The fourth-order valence-electron chi connectivity index (χ4n) is 1.90. The molecule has 7 nitrogen and oxygen atoms in total. The summed E-state index contributed by atoms with van der Waals surface area (Å²) in [6.45, 7) is 0. The standard InChI is InChI=1S/C11H10ClN3O4S/c12-9-6-8(15(16)17)2-3-10(9)20(18,19)14-11(7-13)4-1-5-11/h2-3,6,14H,1,4-5H2. The van der Waals surface area contributed by atoms with Gasteiger partial charge in [-0.05, 0) is 25.3 Å². The summed E-state index contributed by atoms with van der Waals surface area (Å²) >= 11 is 5.78. The van der Waals surface area contributed by atoms with Crippen molar-refractivity contribution in [3.63, 3.8) is 0 Å². The molecule has 0 radical (unpaired) electrons. The Morgan fingerprint density at radius 1 is 1.45 bits per heavy atom. The highest BCUT2D eigenvalue weighted by Crippen LogP contribution is 2.34. The second-order valence-electron chi connectivity index (χ2n) is 4.52. The van der Waals surface area contributed by atoms with Gasteiger partial charge in [0.25, 0.3) is 5.69 Å². The summed E-state index contributed by atoms with van der Waals surface area (Å²) in [5, 5.41) is 19.4. The molecule has 0 bridgehead atoms. The lowest BCUT2D eigenvalue weighted by molar-refractivity contribution is -0.384. The maximum absolute atomic E-state index is 12.2. The third kappa shape index (κ3) is 2.60. The molecule has 106 valence electrons.